The van der Waals surface area contributed by atoms with Gasteiger partial charge in [0.25, 0.3) is 0 Å². The first kappa shape index (κ1) is 20.4. The third kappa shape index (κ3) is 10.0. The van der Waals surface area contributed by atoms with Crippen molar-refractivity contribution in [2.45, 2.75) is 64.2 Å². The van der Waals surface area contributed by atoms with E-state index in [0.29, 0.717) is 6.54 Å². The van der Waals surface area contributed by atoms with Crippen molar-refractivity contribution in [1.29, 1.82) is 0 Å². The zero-order valence-corrected chi connectivity index (χ0v) is 13.5. The van der Waals surface area contributed by atoms with Gasteiger partial charge in [-0.3, -0.25) is 4.79 Å². The van der Waals surface area contributed by atoms with Gasteiger partial charge in [-0.05, 0) is 25.5 Å². The second-order valence-corrected chi connectivity index (χ2v) is 5.90. The van der Waals surface area contributed by atoms with E-state index in [1.165, 1.54) is 12.8 Å². The molecule has 18 heavy (non-hydrogen) atoms. The molecule has 5 heteroatoms. The molecule has 3 nitrogen and oxygen atoms in total. The number of amides is 1. The van der Waals surface area contributed by atoms with Crippen molar-refractivity contribution < 1.29 is 4.79 Å². The van der Waals surface area contributed by atoms with Crippen LogP contribution in [0.1, 0.15) is 52.9 Å². The molecule has 0 saturated heterocycles. The third-order valence-electron chi connectivity index (χ3n) is 2.77. The first-order valence-electron chi connectivity index (χ1n) is 6.77. The Bertz CT molecular complexity index is 205. The lowest BCUT2D eigenvalue weighted by atomic mass is 10.1. The van der Waals surface area contributed by atoms with Crippen LogP contribution in [0.3, 0.4) is 0 Å². The SMILES string of the molecule is CCCCSC(C)C(=O)NC(CN)CCCC.Cl. The number of nitrogens with one attached hydrogen (secondary N) is 1. The molecule has 0 aromatic heterocycles. The summed E-state index contributed by atoms with van der Waals surface area (Å²) in [6, 6.07) is 0.150. The smallest absolute Gasteiger partial charge is 0.233 e. The summed E-state index contributed by atoms with van der Waals surface area (Å²) in [5.74, 6) is 1.20. The molecule has 0 aliphatic rings. The molecule has 0 radical (unpaired) electrons. The Kier molecular flexibility index (Phi) is 15.3. The van der Waals surface area contributed by atoms with Gasteiger partial charge < -0.3 is 11.1 Å². The number of unbranched alkanes of at least 4 members (excludes halogenated alkanes) is 2. The summed E-state index contributed by atoms with van der Waals surface area (Å²) in [4.78, 5) is 11.9. The second kappa shape index (κ2) is 13.5. The molecular weight excluding hydrogens is 268 g/mol. The second-order valence-electron chi connectivity index (χ2n) is 4.45. The van der Waals surface area contributed by atoms with Crippen molar-refractivity contribution >= 4 is 30.1 Å². The largest absolute Gasteiger partial charge is 0.351 e. The Hall–Kier alpha value is 0.0700. The van der Waals surface area contributed by atoms with Gasteiger partial charge in [-0.1, -0.05) is 33.1 Å². The van der Waals surface area contributed by atoms with Gasteiger partial charge in [0.15, 0.2) is 0 Å². The highest BCUT2D eigenvalue weighted by Crippen LogP contribution is 2.13. The molecule has 0 heterocycles. The molecule has 0 fully saturated rings. The fraction of sp³-hybridized carbons (Fsp3) is 0.923. The number of carbonyl (C=O) groups excluding carboxylic acids is 1. The third-order valence-corrected chi connectivity index (χ3v) is 4.01. The van der Waals surface area contributed by atoms with Crippen LogP contribution in [-0.4, -0.2) is 29.5 Å². The number of hydrogen-bond acceptors (Lipinski definition) is 3. The van der Waals surface area contributed by atoms with Crippen molar-refractivity contribution in [1.82, 2.24) is 5.32 Å². The highest BCUT2D eigenvalue weighted by molar-refractivity contribution is 8.00. The average Bonchev–Trinajstić information content (AvgIpc) is 2.34. The zero-order chi connectivity index (χ0) is 13.1. The number of nitrogens with two attached hydrogens (primary N) is 1. The molecule has 0 aliphatic carbocycles. The van der Waals surface area contributed by atoms with E-state index in [9.17, 15) is 4.79 Å². The Morgan fingerprint density at radius 2 is 1.89 bits per heavy atom. The van der Waals surface area contributed by atoms with Gasteiger partial charge in [0.2, 0.25) is 5.91 Å². The van der Waals surface area contributed by atoms with Gasteiger partial charge >= 0.3 is 0 Å². The minimum Gasteiger partial charge on any atom is -0.351 e. The van der Waals surface area contributed by atoms with Gasteiger partial charge in [-0.25, -0.2) is 0 Å². The number of hydrogen-bond donors (Lipinski definition) is 2. The quantitative estimate of drug-likeness (QED) is 0.609. The summed E-state index contributed by atoms with van der Waals surface area (Å²) in [5, 5.41) is 3.08. The van der Waals surface area contributed by atoms with Gasteiger partial charge in [0.1, 0.15) is 0 Å². The van der Waals surface area contributed by atoms with Crippen LogP contribution >= 0.6 is 24.2 Å². The van der Waals surface area contributed by atoms with Crippen molar-refractivity contribution in [2.75, 3.05) is 12.3 Å². The summed E-state index contributed by atoms with van der Waals surface area (Å²) in [6.45, 7) is 6.83. The van der Waals surface area contributed by atoms with Crippen molar-refractivity contribution in [3.63, 3.8) is 0 Å². The summed E-state index contributed by atoms with van der Waals surface area (Å²) < 4.78 is 0. The van der Waals surface area contributed by atoms with Crippen molar-refractivity contribution in [3.8, 4) is 0 Å². The lowest BCUT2D eigenvalue weighted by Gasteiger charge is -2.19. The van der Waals surface area contributed by atoms with Crippen LogP contribution in [0, 0.1) is 0 Å². The molecule has 0 aromatic carbocycles. The Labute approximate surface area is 122 Å². The van der Waals surface area contributed by atoms with E-state index in [1.807, 2.05) is 6.92 Å². The van der Waals surface area contributed by atoms with E-state index in [2.05, 4.69) is 19.2 Å². The predicted octanol–water partition coefficient (Wildman–Crippen LogP) is 2.96. The van der Waals surface area contributed by atoms with E-state index < -0.39 is 0 Å². The van der Waals surface area contributed by atoms with Crippen LogP contribution < -0.4 is 11.1 Å². The molecule has 3 N–H and O–H groups in total. The van der Waals surface area contributed by atoms with Crippen molar-refractivity contribution in [3.05, 3.63) is 0 Å². The van der Waals surface area contributed by atoms with Crippen LogP contribution in [-0.2, 0) is 4.79 Å². The van der Waals surface area contributed by atoms with Gasteiger partial charge in [0.05, 0.1) is 5.25 Å². The molecule has 0 spiro atoms. The molecule has 1 amide bonds. The van der Waals surface area contributed by atoms with Crippen molar-refractivity contribution in [2.24, 2.45) is 5.73 Å². The first-order valence-corrected chi connectivity index (χ1v) is 7.82. The molecule has 0 saturated carbocycles. The monoisotopic (exact) mass is 296 g/mol. The number of carbonyl (C=O) groups is 1. The fourth-order valence-corrected chi connectivity index (χ4v) is 2.53. The van der Waals surface area contributed by atoms with E-state index in [0.717, 1.165) is 25.0 Å². The lowest BCUT2D eigenvalue weighted by Crippen LogP contribution is -2.43. The zero-order valence-electron chi connectivity index (χ0n) is 11.9. The van der Waals surface area contributed by atoms with E-state index in [-0.39, 0.29) is 29.6 Å². The fourth-order valence-electron chi connectivity index (χ4n) is 1.50. The van der Waals surface area contributed by atoms with Gasteiger partial charge in [-0.15, -0.1) is 24.2 Å². The highest BCUT2D eigenvalue weighted by Gasteiger charge is 2.16. The molecule has 0 aliphatic heterocycles. The summed E-state index contributed by atoms with van der Waals surface area (Å²) in [6.07, 6.45) is 5.62. The lowest BCUT2D eigenvalue weighted by molar-refractivity contribution is -0.121. The van der Waals surface area contributed by atoms with Gasteiger partial charge in [0, 0.05) is 12.6 Å². The molecular formula is C13H29ClN2OS. The average molecular weight is 297 g/mol. The van der Waals surface area contributed by atoms with E-state index in [1.54, 1.807) is 11.8 Å². The minimum absolute atomic E-state index is 0. The maximum Gasteiger partial charge on any atom is 0.233 e. The van der Waals surface area contributed by atoms with Crippen LogP contribution in [0.5, 0.6) is 0 Å². The summed E-state index contributed by atoms with van der Waals surface area (Å²) in [7, 11) is 0. The van der Waals surface area contributed by atoms with E-state index in [4.69, 9.17) is 5.73 Å². The maximum atomic E-state index is 11.9. The van der Waals surface area contributed by atoms with E-state index >= 15 is 0 Å². The standard InChI is InChI=1S/C13H28N2OS.ClH/c1-4-6-8-12(10-14)15-13(16)11(3)17-9-7-5-2;/h11-12H,4-10,14H2,1-3H3,(H,15,16);1H. The molecule has 110 valence electrons. The number of thioether (sulfide) groups is 1. The van der Waals surface area contributed by atoms with Gasteiger partial charge in [-0.2, -0.15) is 0 Å². The Balaban J connectivity index is 0. The summed E-state index contributed by atoms with van der Waals surface area (Å²) in [5.41, 5.74) is 5.66. The normalized spacial score (nSPS) is 13.6. The van der Waals surface area contributed by atoms with Crippen LogP contribution in [0.4, 0.5) is 0 Å². The number of rotatable bonds is 10. The Morgan fingerprint density at radius 1 is 1.28 bits per heavy atom. The Morgan fingerprint density at radius 3 is 2.39 bits per heavy atom. The molecule has 0 rings (SSSR count). The number of halogens is 1. The molecule has 2 atom stereocenters. The van der Waals surface area contributed by atoms with Crippen LogP contribution in [0.2, 0.25) is 0 Å². The van der Waals surface area contributed by atoms with Crippen LogP contribution in [0.25, 0.3) is 0 Å². The molecule has 0 aromatic rings. The predicted molar refractivity (Wildman–Crippen MR) is 84.6 cm³/mol. The molecule has 0 bridgehead atoms. The highest BCUT2D eigenvalue weighted by atomic mass is 35.5. The minimum atomic E-state index is 0. The maximum absolute atomic E-state index is 11.9. The molecule has 2 unspecified atom stereocenters. The first-order chi connectivity index (χ1) is 8.15. The summed E-state index contributed by atoms with van der Waals surface area (Å²) >= 11 is 1.73. The topological polar surface area (TPSA) is 55.1 Å². The van der Waals surface area contributed by atoms with Crippen LogP contribution in [0.15, 0.2) is 0 Å².